The van der Waals surface area contributed by atoms with Gasteiger partial charge in [0.2, 0.25) is 17.7 Å². The molecular weight excluding hydrogens is 380 g/mol. The number of nitrogens with zero attached hydrogens (tertiary/aromatic N) is 1. The van der Waals surface area contributed by atoms with Crippen molar-refractivity contribution in [3.63, 3.8) is 0 Å². The molecule has 1 aromatic rings. The summed E-state index contributed by atoms with van der Waals surface area (Å²) in [5, 5.41) is 5.58. The maximum absolute atomic E-state index is 12.4. The van der Waals surface area contributed by atoms with Crippen LogP contribution >= 0.6 is 12.4 Å². The minimum Gasteiger partial charge on any atom is -0.346 e. The van der Waals surface area contributed by atoms with Gasteiger partial charge in [-0.3, -0.25) is 14.4 Å². The summed E-state index contributed by atoms with van der Waals surface area (Å²) in [6.07, 6.45) is 1.55. The van der Waals surface area contributed by atoms with E-state index in [9.17, 15) is 14.4 Å². The number of rotatable bonds is 5. The van der Waals surface area contributed by atoms with Gasteiger partial charge < -0.3 is 21.3 Å². The molecule has 0 saturated carbocycles. The first-order chi connectivity index (χ1) is 12.9. The summed E-state index contributed by atoms with van der Waals surface area (Å²) >= 11 is 0. The molecule has 154 valence electrons. The van der Waals surface area contributed by atoms with Crippen molar-refractivity contribution in [3.8, 4) is 0 Å². The molecule has 3 rings (SSSR count). The van der Waals surface area contributed by atoms with Gasteiger partial charge >= 0.3 is 0 Å². The molecule has 0 radical (unpaired) electrons. The number of amides is 3. The summed E-state index contributed by atoms with van der Waals surface area (Å²) in [5.74, 6) is -0.238. The van der Waals surface area contributed by atoms with Gasteiger partial charge in [-0.15, -0.1) is 12.4 Å². The van der Waals surface area contributed by atoms with E-state index in [4.69, 9.17) is 5.73 Å². The molecule has 2 aliphatic rings. The fourth-order valence-electron chi connectivity index (χ4n) is 3.88. The van der Waals surface area contributed by atoms with Gasteiger partial charge in [-0.2, -0.15) is 0 Å². The molecule has 1 unspecified atom stereocenters. The van der Waals surface area contributed by atoms with Crippen molar-refractivity contribution in [1.82, 2.24) is 10.2 Å². The molecule has 0 spiro atoms. The molecule has 0 aliphatic carbocycles. The Labute approximate surface area is 171 Å². The van der Waals surface area contributed by atoms with Crippen LogP contribution in [0, 0.1) is 11.8 Å². The number of likely N-dealkylation sites (tertiary alicyclic amines) is 1. The Morgan fingerprint density at radius 2 is 1.89 bits per heavy atom. The number of piperidine rings is 1. The predicted molar refractivity (Wildman–Crippen MR) is 110 cm³/mol. The summed E-state index contributed by atoms with van der Waals surface area (Å²) in [7, 11) is 0. The van der Waals surface area contributed by atoms with Crippen LogP contribution in [0.3, 0.4) is 0 Å². The van der Waals surface area contributed by atoms with E-state index in [0.29, 0.717) is 13.1 Å². The molecule has 2 aliphatic heterocycles. The highest BCUT2D eigenvalue weighted by Gasteiger charge is 2.38. The van der Waals surface area contributed by atoms with Crippen molar-refractivity contribution in [2.75, 3.05) is 25.0 Å². The number of halogens is 1. The number of fused-ring (bicyclic) bond motifs is 1. The third-order valence-corrected chi connectivity index (χ3v) is 5.63. The summed E-state index contributed by atoms with van der Waals surface area (Å²) in [4.78, 5) is 38.4. The maximum atomic E-state index is 12.4. The number of carbonyl (C=O) groups excluding carboxylic acids is 3. The summed E-state index contributed by atoms with van der Waals surface area (Å²) in [5.41, 5.74) is 7.75. The second-order valence-electron chi connectivity index (χ2n) is 7.76. The molecule has 1 aromatic carbocycles. The van der Waals surface area contributed by atoms with Crippen LogP contribution in [-0.2, 0) is 14.4 Å². The van der Waals surface area contributed by atoms with Crippen LogP contribution in [0.4, 0.5) is 5.69 Å². The van der Waals surface area contributed by atoms with Gasteiger partial charge in [-0.05, 0) is 36.3 Å². The smallest absolute Gasteiger partial charge is 0.241 e. The third-order valence-electron chi connectivity index (χ3n) is 5.63. The third kappa shape index (κ3) is 4.64. The molecule has 1 saturated heterocycles. The highest BCUT2D eigenvalue weighted by atomic mass is 35.5. The molecule has 4 N–H and O–H groups in total. The molecule has 28 heavy (non-hydrogen) atoms. The Hall–Kier alpha value is -2.12. The molecule has 1 fully saturated rings. The molecule has 3 amide bonds. The van der Waals surface area contributed by atoms with Crippen molar-refractivity contribution in [2.45, 2.75) is 38.6 Å². The Morgan fingerprint density at radius 3 is 2.54 bits per heavy atom. The number of para-hydroxylation sites is 1. The minimum atomic E-state index is -0.607. The monoisotopic (exact) mass is 408 g/mol. The lowest BCUT2D eigenvalue weighted by atomic mass is 9.81. The fraction of sp³-hybridized carbons (Fsp3) is 0.550. The normalized spacial score (nSPS) is 20.2. The second-order valence-corrected chi connectivity index (χ2v) is 7.76. The second kappa shape index (κ2) is 9.39. The lowest BCUT2D eigenvalue weighted by Gasteiger charge is -2.34. The largest absolute Gasteiger partial charge is 0.346 e. The number of carbonyl (C=O) groups is 3. The van der Waals surface area contributed by atoms with Crippen LogP contribution in [-0.4, -0.2) is 48.3 Å². The van der Waals surface area contributed by atoms with Gasteiger partial charge in [0, 0.05) is 18.8 Å². The van der Waals surface area contributed by atoms with Crippen LogP contribution in [0.25, 0.3) is 0 Å². The van der Waals surface area contributed by atoms with Crippen LogP contribution in [0.2, 0.25) is 0 Å². The number of nitrogens with one attached hydrogen (secondary N) is 2. The average molecular weight is 409 g/mol. The Balaban J connectivity index is 0.00000280. The zero-order valence-electron chi connectivity index (χ0n) is 16.3. The first-order valence-corrected chi connectivity index (χ1v) is 9.59. The van der Waals surface area contributed by atoms with E-state index in [-0.39, 0.29) is 54.4 Å². The molecular formula is C20H29ClN4O3. The highest BCUT2D eigenvalue weighted by Crippen LogP contribution is 2.41. The van der Waals surface area contributed by atoms with Crippen molar-refractivity contribution >= 4 is 35.8 Å². The van der Waals surface area contributed by atoms with Crippen molar-refractivity contribution in [1.29, 1.82) is 0 Å². The van der Waals surface area contributed by atoms with Gasteiger partial charge in [0.05, 0.1) is 18.5 Å². The molecule has 0 aromatic heterocycles. The van der Waals surface area contributed by atoms with E-state index in [1.54, 1.807) is 4.90 Å². The van der Waals surface area contributed by atoms with Crippen molar-refractivity contribution < 1.29 is 14.4 Å². The number of hydrogen-bond donors (Lipinski definition) is 3. The minimum absolute atomic E-state index is 0. The van der Waals surface area contributed by atoms with Gasteiger partial charge in [0.15, 0.2) is 0 Å². The molecule has 2 atom stereocenters. The van der Waals surface area contributed by atoms with Gasteiger partial charge in [0.25, 0.3) is 0 Å². The predicted octanol–water partition coefficient (Wildman–Crippen LogP) is 1.48. The first-order valence-electron chi connectivity index (χ1n) is 9.59. The number of hydrogen-bond acceptors (Lipinski definition) is 4. The summed E-state index contributed by atoms with van der Waals surface area (Å²) < 4.78 is 0. The van der Waals surface area contributed by atoms with E-state index < -0.39 is 6.04 Å². The molecule has 8 heteroatoms. The van der Waals surface area contributed by atoms with Gasteiger partial charge in [-0.1, -0.05) is 32.0 Å². The first kappa shape index (κ1) is 22.2. The average Bonchev–Trinajstić information content (AvgIpc) is 3.00. The Bertz CT molecular complexity index is 732. The zero-order valence-corrected chi connectivity index (χ0v) is 17.1. The molecule has 0 bridgehead atoms. The maximum Gasteiger partial charge on any atom is 0.241 e. The summed E-state index contributed by atoms with van der Waals surface area (Å²) in [6.45, 7) is 4.90. The zero-order chi connectivity index (χ0) is 19.6. The van der Waals surface area contributed by atoms with Gasteiger partial charge in [0.1, 0.15) is 0 Å². The highest BCUT2D eigenvalue weighted by molar-refractivity contribution is 6.03. The number of nitrogens with two attached hydrogens (primary N) is 1. The van der Waals surface area contributed by atoms with E-state index >= 15 is 0 Å². The van der Waals surface area contributed by atoms with Gasteiger partial charge in [-0.25, -0.2) is 0 Å². The van der Waals surface area contributed by atoms with Crippen molar-refractivity contribution in [2.24, 2.45) is 17.6 Å². The molecule has 2 heterocycles. The van der Waals surface area contributed by atoms with E-state index in [1.807, 2.05) is 38.1 Å². The van der Waals surface area contributed by atoms with Crippen molar-refractivity contribution in [3.05, 3.63) is 29.8 Å². The van der Waals surface area contributed by atoms with E-state index in [2.05, 4.69) is 10.6 Å². The number of anilines is 1. The summed E-state index contributed by atoms with van der Waals surface area (Å²) in [6, 6.07) is 7.20. The van der Waals surface area contributed by atoms with Crippen LogP contribution in [0.5, 0.6) is 0 Å². The van der Waals surface area contributed by atoms with E-state index in [0.717, 1.165) is 24.1 Å². The van der Waals surface area contributed by atoms with Crippen LogP contribution < -0.4 is 16.4 Å². The lowest BCUT2D eigenvalue weighted by Crippen LogP contribution is -2.49. The molecule has 7 nitrogen and oxygen atoms in total. The van der Waals surface area contributed by atoms with Crippen LogP contribution in [0.1, 0.15) is 38.2 Å². The topological polar surface area (TPSA) is 105 Å². The SMILES string of the molecule is CC(C)[C@H](N)C(=O)NCC(=O)N1CCC(C2C(=O)Nc3ccccc32)CC1.Cl. The number of benzene rings is 1. The quantitative estimate of drug-likeness (QED) is 0.686. The standard InChI is InChI=1S/C20H28N4O3.ClH/c1-12(2)18(21)20(27)22-11-16(25)24-9-7-13(8-10-24)17-14-5-3-4-6-15(14)23-19(17)26;/h3-6,12-13,17-18H,7-11,21H2,1-2H3,(H,22,27)(H,23,26);1H/t17?,18-;/m0./s1. The Morgan fingerprint density at radius 1 is 1.25 bits per heavy atom. The van der Waals surface area contributed by atoms with Crippen LogP contribution in [0.15, 0.2) is 24.3 Å². The van der Waals surface area contributed by atoms with E-state index in [1.165, 1.54) is 0 Å². The fourth-order valence-corrected chi connectivity index (χ4v) is 3.88. The lowest BCUT2D eigenvalue weighted by molar-refractivity contribution is -0.134. The Kier molecular flexibility index (Phi) is 7.43.